The van der Waals surface area contributed by atoms with E-state index in [0.29, 0.717) is 5.56 Å². The first kappa shape index (κ1) is 10.8. The van der Waals surface area contributed by atoms with Crippen LogP contribution in [0, 0.1) is 24.1 Å². The van der Waals surface area contributed by atoms with E-state index in [2.05, 4.69) is 0 Å². The van der Waals surface area contributed by atoms with Crippen molar-refractivity contribution in [2.45, 2.75) is 19.8 Å². The lowest BCUT2D eigenvalue weighted by Gasteiger charge is -2.08. The van der Waals surface area contributed by atoms with E-state index in [1.165, 1.54) is 6.07 Å². The van der Waals surface area contributed by atoms with Crippen LogP contribution in [-0.2, 0) is 6.42 Å². The summed E-state index contributed by atoms with van der Waals surface area (Å²) in [6.45, 7) is 1.57. The van der Waals surface area contributed by atoms with Crippen LogP contribution in [0.2, 0.25) is 5.02 Å². The molecule has 74 valence electrons. The third-order valence-electron chi connectivity index (χ3n) is 1.95. The molecule has 0 fully saturated rings. The Hall–Kier alpha value is -1.27. The number of nitrogens with zero attached hydrogens (tertiary/aromatic N) is 1. The minimum Gasteiger partial charge on any atom is -0.506 e. The second kappa shape index (κ2) is 4.30. The van der Waals surface area contributed by atoms with Crippen molar-refractivity contribution in [1.82, 2.24) is 0 Å². The van der Waals surface area contributed by atoms with Gasteiger partial charge in [0.15, 0.2) is 0 Å². The zero-order valence-electron chi connectivity index (χ0n) is 7.64. The number of benzene rings is 1. The molecule has 0 radical (unpaired) electrons. The molecule has 0 heterocycles. The molecular formula is C10H9ClFNO. The summed E-state index contributed by atoms with van der Waals surface area (Å²) in [7, 11) is 0. The zero-order valence-corrected chi connectivity index (χ0v) is 8.40. The maximum Gasteiger partial charge on any atom is 0.140 e. The summed E-state index contributed by atoms with van der Waals surface area (Å²) in [5, 5.41) is 17.9. The molecule has 0 aliphatic carbocycles. The molecule has 1 aromatic carbocycles. The Kier molecular flexibility index (Phi) is 3.32. The minimum absolute atomic E-state index is 0.122. The molecule has 0 aliphatic rings. The lowest BCUT2D eigenvalue weighted by atomic mass is 10.0. The van der Waals surface area contributed by atoms with Gasteiger partial charge in [-0.25, -0.2) is 4.39 Å². The van der Waals surface area contributed by atoms with Crippen LogP contribution in [0.15, 0.2) is 6.07 Å². The van der Waals surface area contributed by atoms with Gasteiger partial charge in [0.05, 0.1) is 11.1 Å². The quantitative estimate of drug-likeness (QED) is 0.821. The summed E-state index contributed by atoms with van der Waals surface area (Å²) in [5.74, 6) is -0.743. The number of aromatic hydroxyl groups is 1. The number of aryl methyl sites for hydroxylation is 1. The molecule has 14 heavy (non-hydrogen) atoms. The highest BCUT2D eigenvalue weighted by Gasteiger charge is 2.14. The molecule has 0 bridgehead atoms. The molecule has 0 unspecified atom stereocenters. The zero-order chi connectivity index (χ0) is 10.7. The highest BCUT2D eigenvalue weighted by Crippen LogP contribution is 2.32. The van der Waals surface area contributed by atoms with E-state index < -0.39 is 5.82 Å². The molecule has 4 heteroatoms. The van der Waals surface area contributed by atoms with Gasteiger partial charge in [-0.15, -0.1) is 0 Å². The van der Waals surface area contributed by atoms with Crippen LogP contribution in [0.4, 0.5) is 4.39 Å². The monoisotopic (exact) mass is 213 g/mol. The van der Waals surface area contributed by atoms with E-state index in [0.717, 1.165) is 0 Å². The third kappa shape index (κ3) is 1.97. The molecule has 1 rings (SSSR count). The second-order valence-electron chi connectivity index (χ2n) is 2.97. The average Bonchev–Trinajstić information content (AvgIpc) is 2.15. The van der Waals surface area contributed by atoms with Gasteiger partial charge in [0.25, 0.3) is 0 Å². The number of phenols is 1. The fourth-order valence-electron chi connectivity index (χ4n) is 1.22. The van der Waals surface area contributed by atoms with E-state index >= 15 is 0 Å². The summed E-state index contributed by atoms with van der Waals surface area (Å²) in [5.41, 5.74) is 0.497. The molecule has 0 spiro atoms. The fraction of sp³-hybridized carbons (Fsp3) is 0.300. The Labute approximate surface area is 86.5 Å². The second-order valence-corrected chi connectivity index (χ2v) is 3.38. The van der Waals surface area contributed by atoms with Crippen LogP contribution in [0.25, 0.3) is 0 Å². The number of halogens is 2. The average molecular weight is 214 g/mol. The van der Waals surface area contributed by atoms with Gasteiger partial charge in [-0.2, -0.15) is 5.26 Å². The summed E-state index contributed by atoms with van der Waals surface area (Å²) in [4.78, 5) is 0. The molecule has 0 amide bonds. The summed E-state index contributed by atoms with van der Waals surface area (Å²) >= 11 is 5.67. The number of nitriles is 1. The van der Waals surface area contributed by atoms with E-state index in [9.17, 15) is 9.50 Å². The van der Waals surface area contributed by atoms with Gasteiger partial charge in [-0.1, -0.05) is 11.6 Å². The van der Waals surface area contributed by atoms with Crippen LogP contribution in [-0.4, -0.2) is 5.11 Å². The van der Waals surface area contributed by atoms with Gasteiger partial charge >= 0.3 is 0 Å². The third-order valence-corrected chi connectivity index (χ3v) is 2.24. The topological polar surface area (TPSA) is 44.0 Å². The molecule has 0 saturated carbocycles. The Morgan fingerprint density at radius 2 is 2.29 bits per heavy atom. The molecule has 0 aromatic heterocycles. The van der Waals surface area contributed by atoms with Gasteiger partial charge < -0.3 is 5.11 Å². The molecule has 1 aromatic rings. The van der Waals surface area contributed by atoms with E-state index in [4.69, 9.17) is 16.9 Å². The van der Waals surface area contributed by atoms with Crippen molar-refractivity contribution in [2.75, 3.05) is 0 Å². The van der Waals surface area contributed by atoms with Gasteiger partial charge in [0.1, 0.15) is 11.6 Å². The molecule has 0 aliphatic heterocycles. The number of rotatable bonds is 2. The van der Waals surface area contributed by atoms with Crippen LogP contribution in [0.1, 0.15) is 17.5 Å². The summed E-state index contributed by atoms with van der Waals surface area (Å²) in [6, 6.07) is 3.25. The van der Waals surface area contributed by atoms with Crippen LogP contribution < -0.4 is 0 Å². The molecule has 1 N–H and O–H groups in total. The van der Waals surface area contributed by atoms with Gasteiger partial charge in [0, 0.05) is 12.0 Å². The molecule has 0 saturated heterocycles. The molecular weight excluding hydrogens is 205 g/mol. The standard InChI is InChI=1S/C10H9ClFNO/c1-6-5-8(11)10(14)7(9(6)12)3-2-4-13/h5,14H,2-3H2,1H3. The van der Waals surface area contributed by atoms with E-state index in [-0.39, 0.29) is 29.2 Å². The summed E-state index contributed by atoms with van der Waals surface area (Å²) < 4.78 is 13.4. The van der Waals surface area contributed by atoms with Crippen molar-refractivity contribution in [1.29, 1.82) is 5.26 Å². The van der Waals surface area contributed by atoms with Gasteiger partial charge in [-0.3, -0.25) is 0 Å². The Morgan fingerprint density at radius 1 is 1.64 bits per heavy atom. The van der Waals surface area contributed by atoms with Crippen molar-refractivity contribution < 1.29 is 9.50 Å². The predicted octanol–water partition coefficient (Wildman–Crippen LogP) is 2.95. The highest BCUT2D eigenvalue weighted by molar-refractivity contribution is 6.32. The van der Waals surface area contributed by atoms with Crippen molar-refractivity contribution in [2.24, 2.45) is 0 Å². The van der Waals surface area contributed by atoms with Crippen molar-refractivity contribution in [3.05, 3.63) is 28.0 Å². The minimum atomic E-state index is -0.484. The molecule has 2 nitrogen and oxygen atoms in total. The van der Waals surface area contributed by atoms with Gasteiger partial charge in [0.2, 0.25) is 0 Å². The first-order chi connectivity index (χ1) is 6.57. The van der Waals surface area contributed by atoms with Crippen LogP contribution >= 0.6 is 11.6 Å². The Morgan fingerprint density at radius 3 is 2.86 bits per heavy atom. The Bertz CT molecular complexity index is 372. The lowest BCUT2D eigenvalue weighted by Crippen LogP contribution is -1.95. The first-order valence-corrected chi connectivity index (χ1v) is 4.49. The fourth-order valence-corrected chi connectivity index (χ4v) is 1.49. The van der Waals surface area contributed by atoms with Crippen molar-refractivity contribution in [3.63, 3.8) is 0 Å². The maximum atomic E-state index is 13.4. The first-order valence-electron chi connectivity index (χ1n) is 4.11. The normalized spacial score (nSPS) is 9.86. The number of hydrogen-bond acceptors (Lipinski definition) is 2. The predicted molar refractivity (Wildman–Crippen MR) is 51.7 cm³/mol. The maximum absolute atomic E-state index is 13.4. The smallest absolute Gasteiger partial charge is 0.140 e. The van der Waals surface area contributed by atoms with E-state index in [1.54, 1.807) is 6.92 Å². The lowest BCUT2D eigenvalue weighted by molar-refractivity contribution is 0.458. The Balaban J connectivity index is 3.19. The molecule has 0 atom stereocenters. The number of hydrogen-bond donors (Lipinski definition) is 1. The SMILES string of the molecule is Cc1cc(Cl)c(O)c(CCC#N)c1F. The number of phenolic OH excluding ortho intramolecular Hbond substituents is 1. The highest BCUT2D eigenvalue weighted by atomic mass is 35.5. The van der Waals surface area contributed by atoms with Crippen molar-refractivity contribution in [3.8, 4) is 11.8 Å². The largest absolute Gasteiger partial charge is 0.506 e. The van der Waals surface area contributed by atoms with E-state index in [1.807, 2.05) is 6.07 Å². The van der Waals surface area contributed by atoms with Gasteiger partial charge in [-0.05, 0) is 25.0 Å². The van der Waals surface area contributed by atoms with Crippen molar-refractivity contribution >= 4 is 11.6 Å². The van der Waals surface area contributed by atoms with Crippen LogP contribution in [0.3, 0.4) is 0 Å². The summed E-state index contributed by atoms with van der Waals surface area (Å²) in [6.07, 6.45) is 0.333. The van der Waals surface area contributed by atoms with Crippen LogP contribution in [0.5, 0.6) is 5.75 Å².